The lowest BCUT2D eigenvalue weighted by atomic mass is 10.5. The number of aromatic amines is 1. The van der Waals surface area contributed by atoms with Crippen molar-refractivity contribution in [3.8, 4) is 0 Å². The molecule has 7 nitrogen and oxygen atoms in total. The zero-order chi connectivity index (χ0) is 7.40. The number of carbonyl (C=O) groups is 1. The third-order valence-corrected chi connectivity index (χ3v) is 0.781. The average molecular weight is 138 g/mol. The van der Waals surface area contributed by atoms with E-state index in [9.17, 15) is 4.79 Å². The Morgan fingerprint density at radius 2 is 2.70 bits per heavy atom. The second-order valence-electron chi connectivity index (χ2n) is 1.36. The van der Waals surface area contributed by atoms with E-state index in [2.05, 4.69) is 25.4 Å². The van der Waals surface area contributed by atoms with Gasteiger partial charge in [0.1, 0.15) is 5.69 Å². The second-order valence-corrected chi connectivity index (χ2v) is 1.36. The fraction of sp³-hybridized carbons (Fsp3) is 0. The molecule has 0 aliphatic rings. The van der Waals surface area contributed by atoms with Crippen molar-refractivity contribution in [1.82, 2.24) is 15.4 Å². The van der Waals surface area contributed by atoms with Gasteiger partial charge in [-0.15, -0.1) is 5.10 Å². The summed E-state index contributed by atoms with van der Waals surface area (Å²) < 4.78 is 0. The predicted octanol–water partition coefficient (Wildman–Crippen LogP) is 0.255. The molecular weight excluding hydrogens is 136 g/mol. The zero-order valence-electron chi connectivity index (χ0n) is 4.72. The normalized spacial score (nSPS) is 8.40. The number of amides is 1. The van der Waals surface area contributed by atoms with E-state index in [1.54, 1.807) is 0 Å². The highest BCUT2D eigenvalue weighted by atomic mass is 16.2. The molecule has 0 unspecified atom stereocenters. The van der Waals surface area contributed by atoms with Gasteiger partial charge in [-0.3, -0.25) is 9.89 Å². The first-order chi connectivity index (χ1) is 4.84. The van der Waals surface area contributed by atoms with Gasteiger partial charge in [0.25, 0.3) is 5.91 Å². The van der Waals surface area contributed by atoms with Gasteiger partial charge in [0.15, 0.2) is 0 Å². The lowest BCUT2D eigenvalue weighted by molar-refractivity contribution is 0.0995. The third-order valence-electron chi connectivity index (χ3n) is 0.781. The Morgan fingerprint density at radius 3 is 3.20 bits per heavy atom. The van der Waals surface area contributed by atoms with Gasteiger partial charge in [0, 0.05) is 4.91 Å². The average Bonchev–Trinajstić information content (AvgIpc) is 2.38. The molecule has 1 rings (SSSR count). The van der Waals surface area contributed by atoms with Crippen LogP contribution in [0.5, 0.6) is 0 Å². The number of hydrogen-bond acceptors (Lipinski definition) is 3. The Balaban J connectivity index is 2.87. The molecule has 1 aromatic rings. The SMILES string of the molecule is [N-]=[N+]=NC(=O)c1cnn[nH]1. The van der Waals surface area contributed by atoms with Crippen LogP contribution in [0.4, 0.5) is 0 Å². The van der Waals surface area contributed by atoms with Gasteiger partial charge in [-0.25, -0.2) is 0 Å². The van der Waals surface area contributed by atoms with Crippen molar-refractivity contribution in [2.24, 2.45) is 5.11 Å². The predicted molar refractivity (Wildman–Crippen MR) is 29.9 cm³/mol. The molecule has 0 aliphatic carbocycles. The number of azide groups is 1. The second kappa shape index (κ2) is 2.60. The summed E-state index contributed by atoms with van der Waals surface area (Å²) in [6.45, 7) is 0. The van der Waals surface area contributed by atoms with Gasteiger partial charge in [-0.1, -0.05) is 5.21 Å². The quantitative estimate of drug-likeness (QED) is 0.341. The first kappa shape index (κ1) is 6.24. The summed E-state index contributed by atoms with van der Waals surface area (Å²) in [5.74, 6) is -0.715. The Kier molecular flexibility index (Phi) is 1.63. The first-order valence-corrected chi connectivity index (χ1v) is 2.30. The Labute approximate surface area is 54.7 Å². The summed E-state index contributed by atoms with van der Waals surface area (Å²) >= 11 is 0. The summed E-state index contributed by atoms with van der Waals surface area (Å²) in [5.41, 5.74) is 7.90. The van der Waals surface area contributed by atoms with E-state index in [0.717, 1.165) is 0 Å². The monoisotopic (exact) mass is 138 g/mol. The molecule has 10 heavy (non-hydrogen) atoms. The maximum Gasteiger partial charge on any atom is 0.268 e. The van der Waals surface area contributed by atoms with E-state index in [4.69, 9.17) is 5.53 Å². The summed E-state index contributed by atoms with van der Waals surface area (Å²) in [7, 11) is 0. The molecule has 7 heteroatoms. The molecule has 1 heterocycles. The van der Waals surface area contributed by atoms with Crippen molar-refractivity contribution in [1.29, 1.82) is 0 Å². The number of carbonyl (C=O) groups excluding carboxylic acids is 1. The molecule has 0 radical (unpaired) electrons. The highest BCUT2D eigenvalue weighted by molar-refractivity contribution is 5.92. The van der Waals surface area contributed by atoms with E-state index in [1.807, 2.05) is 0 Å². The smallest absolute Gasteiger partial charge is 0.268 e. The van der Waals surface area contributed by atoms with Crippen molar-refractivity contribution in [3.63, 3.8) is 0 Å². The minimum absolute atomic E-state index is 0.0813. The van der Waals surface area contributed by atoms with Gasteiger partial charge in [-0.2, -0.15) is 0 Å². The van der Waals surface area contributed by atoms with Crippen LogP contribution in [0.3, 0.4) is 0 Å². The fourth-order valence-corrected chi connectivity index (χ4v) is 0.396. The molecule has 0 saturated heterocycles. The molecule has 0 atom stereocenters. The molecular formula is C3H2N6O. The summed E-state index contributed by atoms with van der Waals surface area (Å²) in [5, 5.41) is 11.6. The standard InChI is InChI=1S/C3H2N6O/c4-8-7-3(10)2-1-5-9-6-2/h1H,(H,5,6,9). The molecule has 50 valence electrons. The van der Waals surface area contributed by atoms with E-state index in [1.165, 1.54) is 6.20 Å². The molecule has 1 N–H and O–H groups in total. The number of hydrogen-bond donors (Lipinski definition) is 1. The Bertz CT molecular complexity index is 269. The number of nitrogens with one attached hydrogen (secondary N) is 1. The number of aromatic nitrogens is 3. The van der Waals surface area contributed by atoms with Crippen molar-refractivity contribution >= 4 is 5.91 Å². The summed E-state index contributed by atoms with van der Waals surface area (Å²) in [4.78, 5) is 12.9. The number of nitrogens with zero attached hydrogens (tertiary/aromatic N) is 5. The highest BCUT2D eigenvalue weighted by Crippen LogP contribution is 1.91. The summed E-state index contributed by atoms with van der Waals surface area (Å²) in [6, 6.07) is 0. The van der Waals surface area contributed by atoms with Crippen LogP contribution in [-0.2, 0) is 0 Å². The van der Waals surface area contributed by atoms with E-state index in [0.29, 0.717) is 0 Å². The van der Waals surface area contributed by atoms with E-state index < -0.39 is 5.91 Å². The van der Waals surface area contributed by atoms with Crippen LogP contribution < -0.4 is 0 Å². The molecule has 0 aliphatic heterocycles. The van der Waals surface area contributed by atoms with Crippen LogP contribution in [0.1, 0.15) is 10.5 Å². The van der Waals surface area contributed by atoms with Crippen molar-refractivity contribution in [2.45, 2.75) is 0 Å². The van der Waals surface area contributed by atoms with Crippen LogP contribution in [0.2, 0.25) is 0 Å². The summed E-state index contributed by atoms with van der Waals surface area (Å²) in [6.07, 6.45) is 1.18. The lowest BCUT2D eigenvalue weighted by Gasteiger charge is -1.79. The van der Waals surface area contributed by atoms with Crippen LogP contribution >= 0.6 is 0 Å². The van der Waals surface area contributed by atoms with Gasteiger partial charge < -0.3 is 0 Å². The molecule has 1 aromatic heterocycles. The Hall–Kier alpha value is -1.88. The largest absolute Gasteiger partial charge is 0.285 e. The zero-order valence-corrected chi connectivity index (χ0v) is 4.72. The third kappa shape index (κ3) is 1.09. The minimum Gasteiger partial charge on any atom is -0.285 e. The molecule has 0 fully saturated rings. The molecule has 0 bridgehead atoms. The number of H-pyrrole nitrogens is 1. The molecule has 1 amide bonds. The van der Waals surface area contributed by atoms with E-state index >= 15 is 0 Å². The van der Waals surface area contributed by atoms with Crippen LogP contribution in [0.25, 0.3) is 10.4 Å². The number of rotatable bonds is 1. The van der Waals surface area contributed by atoms with Crippen molar-refractivity contribution in [2.75, 3.05) is 0 Å². The van der Waals surface area contributed by atoms with Crippen LogP contribution in [0, 0.1) is 0 Å². The van der Waals surface area contributed by atoms with Gasteiger partial charge >= 0.3 is 0 Å². The fourth-order valence-electron chi connectivity index (χ4n) is 0.396. The Morgan fingerprint density at radius 1 is 1.90 bits per heavy atom. The maximum absolute atomic E-state index is 10.6. The van der Waals surface area contributed by atoms with Crippen LogP contribution in [-0.4, -0.2) is 21.3 Å². The van der Waals surface area contributed by atoms with Crippen molar-refractivity contribution < 1.29 is 4.79 Å². The van der Waals surface area contributed by atoms with Gasteiger partial charge in [0.05, 0.1) is 6.20 Å². The molecule has 0 aromatic carbocycles. The lowest BCUT2D eigenvalue weighted by Crippen LogP contribution is -1.92. The minimum atomic E-state index is -0.715. The maximum atomic E-state index is 10.6. The van der Waals surface area contributed by atoms with Gasteiger partial charge in [0.2, 0.25) is 0 Å². The first-order valence-electron chi connectivity index (χ1n) is 2.30. The van der Waals surface area contributed by atoms with Crippen LogP contribution in [0.15, 0.2) is 11.3 Å². The molecule has 0 saturated carbocycles. The van der Waals surface area contributed by atoms with Gasteiger partial charge in [-0.05, 0) is 10.6 Å². The van der Waals surface area contributed by atoms with Crippen molar-refractivity contribution in [3.05, 3.63) is 22.3 Å². The highest BCUT2D eigenvalue weighted by Gasteiger charge is 2.02. The van der Waals surface area contributed by atoms with E-state index in [-0.39, 0.29) is 5.69 Å². The topological polar surface area (TPSA) is 107 Å². The molecule has 0 spiro atoms.